The van der Waals surface area contributed by atoms with Crippen molar-refractivity contribution in [2.24, 2.45) is 0 Å². The first kappa shape index (κ1) is 17.7. The molecule has 0 bridgehead atoms. The van der Waals surface area contributed by atoms with Crippen LogP contribution < -0.4 is 5.56 Å². The summed E-state index contributed by atoms with van der Waals surface area (Å²) in [6, 6.07) is 18.2. The zero-order valence-corrected chi connectivity index (χ0v) is 14.3. The lowest BCUT2D eigenvalue weighted by atomic mass is 10.1. The Labute approximate surface area is 157 Å². The highest BCUT2D eigenvalue weighted by Crippen LogP contribution is 2.31. The minimum absolute atomic E-state index is 0.242. The summed E-state index contributed by atoms with van der Waals surface area (Å²) in [6.45, 7) is 0. The maximum absolute atomic E-state index is 13.0. The number of nitrogens with zero attached hydrogens (tertiary/aromatic N) is 4. The van der Waals surface area contributed by atoms with Crippen LogP contribution in [0.3, 0.4) is 0 Å². The van der Waals surface area contributed by atoms with Crippen LogP contribution in [0.4, 0.5) is 13.2 Å². The molecule has 0 saturated carbocycles. The second-order valence-electron chi connectivity index (χ2n) is 5.98. The predicted octanol–water partition coefficient (Wildman–Crippen LogP) is 4.10. The van der Waals surface area contributed by atoms with E-state index in [0.29, 0.717) is 5.82 Å². The summed E-state index contributed by atoms with van der Waals surface area (Å²) in [6.07, 6.45) is -2.94. The molecule has 4 rings (SSSR count). The van der Waals surface area contributed by atoms with Gasteiger partial charge in [0.15, 0.2) is 5.82 Å². The summed E-state index contributed by atoms with van der Waals surface area (Å²) in [4.78, 5) is 12.4. The first-order valence-corrected chi connectivity index (χ1v) is 8.31. The maximum Gasteiger partial charge on any atom is 0.416 e. The van der Waals surface area contributed by atoms with Gasteiger partial charge in [-0.3, -0.25) is 4.79 Å². The summed E-state index contributed by atoms with van der Waals surface area (Å²) >= 11 is 0. The van der Waals surface area contributed by atoms with Crippen LogP contribution in [0.1, 0.15) is 5.56 Å². The Morgan fingerprint density at radius 3 is 2.36 bits per heavy atom. The van der Waals surface area contributed by atoms with E-state index in [1.807, 2.05) is 30.3 Å². The fraction of sp³-hybridized carbons (Fsp3) is 0.0500. The quantitative estimate of drug-likeness (QED) is 0.536. The fourth-order valence-electron chi connectivity index (χ4n) is 2.81. The van der Waals surface area contributed by atoms with E-state index < -0.39 is 17.3 Å². The normalized spacial score (nSPS) is 11.5. The molecule has 0 saturated heterocycles. The SMILES string of the molecule is O=c1ccc(-c2cccc(C(F)(F)F)c2)nn1-c1ccnn1-c1ccccc1. The highest BCUT2D eigenvalue weighted by Gasteiger charge is 2.30. The lowest BCUT2D eigenvalue weighted by Crippen LogP contribution is -2.23. The third kappa shape index (κ3) is 3.32. The second-order valence-corrected chi connectivity index (χ2v) is 5.98. The number of hydrogen-bond acceptors (Lipinski definition) is 3. The summed E-state index contributed by atoms with van der Waals surface area (Å²) in [5.74, 6) is 0.380. The number of halogens is 3. The van der Waals surface area contributed by atoms with Gasteiger partial charge in [-0.05, 0) is 30.3 Å². The number of para-hydroxylation sites is 1. The van der Waals surface area contributed by atoms with Crippen molar-refractivity contribution < 1.29 is 13.2 Å². The number of benzene rings is 2. The Bertz CT molecular complexity index is 1180. The van der Waals surface area contributed by atoms with Crippen molar-refractivity contribution in [3.8, 4) is 22.8 Å². The van der Waals surface area contributed by atoms with Gasteiger partial charge in [0.25, 0.3) is 5.56 Å². The molecule has 0 aliphatic carbocycles. The molecule has 2 heterocycles. The van der Waals surface area contributed by atoms with Crippen LogP contribution in [-0.2, 0) is 6.18 Å². The second kappa shape index (κ2) is 6.80. The smallest absolute Gasteiger partial charge is 0.267 e. The summed E-state index contributed by atoms with van der Waals surface area (Å²) in [5, 5.41) is 8.49. The standard InChI is InChI=1S/C20H13F3N4O/c21-20(22,23)15-6-4-5-14(13-15)17-9-10-19(28)27(25-17)18-11-12-24-26(18)16-7-2-1-3-8-16/h1-13H. The summed E-state index contributed by atoms with van der Waals surface area (Å²) < 4.78 is 41.7. The van der Waals surface area contributed by atoms with Crippen LogP contribution in [0.15, 0.2) is 83.8 Å². The number of alkyl halides is 3. The van der Waals surface area contributed by atoms with Gasteiger partial charge in [0.2, 0.25) is 0 Å². The van der Waals surface area contributed by atoms with E-state index in [4.69, 9.17) is 0 Å². The molecule has 4 aromatic rings. The largest absolute Gasteiger partial charge is 0.416 e. The van der Waals surface area contributed by atoms with Crippen LogP contribution in [0, 0.1) is 0 Å². The van der Waals surface area contributed by atoms with E-state index in [1.54, 1.807) is 6.07 Å². The first-order valence-electron chi connectivity index (χ1n) is 8.31. The molecular formula is C20H13F3N4O. The zero-order valence-electron chi connectivity index (χ0n) is 14.3. The molecule has 0 spiro atoms. The van der Waals surface area contributed by atoms with E-state index in [1.165, 1.54) is 35.1 Å². The fourth-order valence-corrected chi connectivity index (χ4v) is 2.81. The van der Waals surface area contributed by atoms with Crippen molar-refractivity contribution in [1.29, 1.82) is 0 Å². The number of aromatic nitrogens is 4. The molecule has 0 N–H and O–H groups in total. The molecule has 0 atom stereocenters. The lowest BCUT2D eigenvalue weighted by Gasteiger charge is -2.11. The minimum Gasteiger partial charge on any atom is -0.267 e. The molecule has 8 heteroatoms. The van der Waals surface area contributed by atoms with Gasteiger partial charge in [0, 0.05) is 17.7 Å². The Balaban J connectivity index is 1.83. The highest BCUT2D eigenvalue weighted by atomic mass is 19.4. The van der Waals surface area contributed by atoms with Crippen LogP contribution in [-0.4, -0.2) is 19.6 Å². The van der Waals surface area contributed by atoms with Gasteiger partial charge in [-0.15, -0.1) is 0 Å². The monoisotopic (exact) mass is 382 g/mol. The van der Waals surface area contributed by atoms with E-state index in [-0.39, 0.29) is 11.3 Å². The van der Waals surface area contributed by atoms with Gasteiger partial charge in [0.1, 0.15) is 0 Å². The van der Waals surface area contributed by atoms with Crippen molar-refractivity contribution in [2.45, 2.75) is 6.18 Å². The molecule has 2 aromatic carbocycles. The van der Waals surface area contributed by atoms with Crippen molar-refractivity contribution in [3.63, 3.8) is 0 Å². The summed E-state index contributed by atoms with van der Waals surface area (Å²) in [5.41, 5.74) is 0.0221. The van der Waals surface area contributed by atoms with Gasteiger partial charge >= 0.3 is 6.18 Å². The van der Waals surface area contributed by atoms with Gasteiger partial charge < -0.3 is 0 Å². The van der Waals surface area contributed by atoms with Gasteiger partial charge in [-0.25, -0.2) is 4.68 Å². The van der Waals surface area contributed by atoms with E-state index in [9.17, 15) is 18.0 Å². The van der Waals surface area contributed by atoms with Crippen LogP contribution >= 0.6 is 0 Å². The Hall–Kier alpha value is -3.68. The van der Waals surface area contributed by atoms with Crippen LogP contribution in [0.25, 0.3) is 22.8 Å². The minimum atomic E-state index is -4.46. The van der Waals surface area contributed by atoms with E-state index in [2.05, 4.69) is 10.2 Å². The summed E-state index contributed by atoms with van der Waals surface area (Å²) in [7, 11) is 0. The molecule has 0 aliphatic rings. The predicted molar refractivity (Wildman–Crippen MR) is 97.4 cm³/mol. The Morgan fingerprint density at radius 1 is 0.821 bits per heavy atom. The average molecular weight is 382 g/mol. The first-order chi connectivity index (χ1) is 13.4. The molecule has 28 heavy (non-hydrogen) atoms. The van der Waals surface area contributed by atoms with Crippen LogP contribution in [0.2, 0.25) is 0 Å². The molecule has 0 aliphatic heterocycles. The Morgan fingerprint density at radius 2 is 1.61 bits per heavy atom. The molecule has 0 fully saturated rings. The molecule has 5 nitrogen and oxygen atoms in total. The van der Waals surface area contributed by atoms with Gasteiger partial charge in [0.05, 0.1) is 23.1 Å². The number of rotatable bonds is 3. The highest BCUT2D eigenvalue weighted by molar-refractivity contribution is 5.59. The van der Waals surface area contributed by atoms with Gasteiger partial charge in [-0.2, -0.15) is 28.1 Å². The van der Waals surface area contributed by atoms with Gasteiger partial charge in [-0.1, -0.05) is 30.3 Å². The molecule has 0 amide bonds. The Kier molecular flexibility index (Phi) is 4.31. The molecule has 0 unspecified atom stereocenters. The zero-order chi connectivity index (χ0) is 19.7. The van der Waals surface area contributed by atoms with Crippen molar-refractivity contribution in [1.82, 2.24) is 19.6 Å². The van der Waals surface area contributed by atoms with E-state index >= 15 is 0 Å². The molecule has 140 valence electrons. The van der Waals surface area contributed by atoms with Crippen molar-refractivity contribution in [3.05, 3.63) is 94.9 Å². The lowest BCUT2D eigenvalue weighted by molar-refractivity contribution is -0.137. The third-order valence-electron chi connectivity index (χ3n) is 4.13. The topological polar surface area (TPSA) is 52.7 Å². The number of hydrogen-bond donors (Lipinski definition) is 0. The maximum atomic E-state index is 13.0. The third-order valence-corrected chi connectivity index (χ3v) is 4.13. The van der Waals surface area contributed by atoms with Crippen molar-refractivity contribution >= 4 is 0 Å². The molecule has 2 aromatic heterocycles. The molecular weight excluding hydrogens is 369 g/mol. The molecule has 0 radical (unpaired) electrons. The van der Waals surface area contributed by atoms with Crippen LogP contribution in [0.5, 0.6) is 0 Å². The van der Waals surface area contributed by atoms with E-state index in [0.717, 1.165) is 22.5 Å². The van der Waals surface area contributed by atoms with Crippen molar-refractivity contribution in [2.75, 3.05) is 0 Å². The average Bonchev–Trinajstić information content (AvgIpc) is 3.18.